The van der Waals surface area contributed by atoms with Gasteiger partial charge in [0.2, 0.25) is 0 Å². The first-order chi connectivity index (χ1) is 12.7. The van der Waals surface area contributed by atoms with Crippen molar-refractivity contribution in [1.82, 2.24) is 10.6 Å². The van der Waals surface area contributed by atoms with Crippen molar-refractivity contribution in [2.75, 3.05) is 20.8 Å². The molecule has 0 aliphatic heterocycles. The highest BCUT2D eigenvalue weighted by Gasteiger charge is 2.06. The van der Waals surface area contributed by atoms with Gasteiger partial charge in [-0.15, -0.1) is 24.0 Å². The Morgan fingerprint density at radius 1 is 1.07 bits per heavy atom. The van der Waals surface area contributed by atoms with E-state index >= 15 is 0 Å². The third kappa shape index (κ3) is 7.34. The van der Waals surface area contributed by atoms with E-state index in [0.29, 0.717) is 31.2 Å². The summed E-state index contributed by atoms with van der Waals surface area (Å²) in [4.78, 5) is 4.22. The molecule has 0 spiro atoms. The first-order valence-corrected chi connectivity index (χ1v) is 8.59. The third-order valence-corrected chi connectivity index (χ3v) is 3.81. The fourth-order valence-electron chi connectivity index (χ4n) is 2.54. The number of methoxy groups -OCH3 is 1. The molecule has 0 unspecified atom stereocenters. The van der Waals surface area contributed by atoms with Crippen LogP contribution < -0.4 is 15.4 Å². The van der Waals surface area contributed by atoms with Crippen molar-refractivity contribution < 1.29 is 13.9 Å². The van der Waals surface area contributed by atoms with Gasteiger partial charge >= 0.3 is 0 Å². The van der Waals surface area contributed by atoms with Gasteiger partial charge in [-0.1, -0.05) is 24.3 Å². The summed E-state index contributed by atoms with van der Waals surface area (Å²) in [6.07, 6.45) is 0. The van der Waals surface area contributed by atoms with Crippen LogP contribution in [0.3, 0.4) is 0 Å². The van der Waals surface area contributed by atoms with Gasteiger partial charge in [-0.2, -0.15) is 0 Å². The summed E-state index contributed by atoms with van der Waals surface area (Å²) >= 11 is 0. The van der Waals surface area contributed by atoms with Crippen LogP contribution in [0.1, 0.15) is 23.6 Å². The Labute approximate surface area is 177 Å². The number of nitrogens with one attached hydrogen (secondary N) is 2. The lowest BCUT2D eigenvalue weighted by molar-refractivity contribution is 0.181. The molecule has 0 saturated heterocycles. The number of aliphatic imine (C=N–C) groups is 1. The second-order valence-electron chi connectivity index (χ2n) is 5.68. The number of hydrogen-bond donors (Lipinski definition) is 2. The Balaban J connectivity index is 0.00000364. The van der Waals surface area contributed by atoms with Crippen molar-refractivity contribution in [1.29, 1.82) is 0 Å². The molecule has 0 atom stereocenters. The molecule has 2 aromatic carbocycles. The summed E-state index contributed by atoms with van der Waals surface area (Å²) in [6, 6.07) is 12.9. The maximum atomic E-state index is 13.7. The second-order valence-corrected chi connectivity index (χ2v) is 5.68. The predicted molar refractivity (Wildman–Crippen MR) is 117 cm³/mol. The van der Waals surface area contributed by atoms with Crippen LogP contribution in [0, 0.1) is 5.82 Å². The average Bonchev–Trinajstić information content (AvgIpc) is 2.66. The van der Waals surface area contributed by atoms with Gasteiger partial charge in [0.05, 0.1) is 13.2 Å². The van der Waals surface area contributed by atoms with E-state index in [1.807, 2.05) is 31.2 Å². The Kier molecular flexibility index (Phi) is 10.7. The van der Waals surface area contributed by atoms with Crippen molar-refractivity contribution in [3.8, 4) is 5.75 Å². The lowest BCUT2D eigenvalue weighted by Crippen LogP contribution is -2.36. The normalized spacial score (nSPS) is 10.9. The van der Waals surface area contributed by atoms with Crippen LogP contribution in [0.15, 0.2) is 47.5 Å². The van der Waals surface area contributed by atoms with E-state index in [4.69, 9.17) is 9.47 Å². The zero-order chi connectivity index (χ0) is 18.8. The van der Waals surface area contributed by atoms with Crippen molar-refractivity contribution in [2.45, 2.75) is 26.6 Å². The highest BCUT2D eigenvalue weighted by molar-refractivity contribution is 14.0. The minimum absolute atomic E-state index is 0. The predicted octanol–water partition coefficient (Wildman–Crippen LogP) is 3.85. The van der Waals surface area contributed by atoms with E-state index in [1.165, 1.54) is 6.07 Å². The molecule has 0 amide bonds. The lowest BCUT2D eigenvalue weighted by Gasteiger charge is -2.15. The quantitative estimate of drug-likeness (QED) is 0.338. The van der Waals surface area contributed by atoms with Gasteiger partial charge in [-0.05, 0) is 30.7 Å². The van der Waals surface area contributed by atoms with E-state index in [-0.39, 0.29) is 36.4 Å². The molecular weight excluding hydrogens is 460 g/mol. The van der Waals surface area contributed by atoms with Crippen LogP contribution in [-0.4, -0.2) is 26.7 Å². The van der Waals surface area contributed by atoms with Gasteiger partial charge in [0.15, 0.2) is 5.96 Å². The topological polar surface area (TPSA) is 54.9 Å². The van der Waals surface area contributed by atoms with E-state index in [9.17, 15) is 4.39 Å². The number of hydrogen-bond acceptors (Lipinski definition) is 3. The fraction of sp³-hybridized carbons (Fsp3) is 0.350. The smallest absolute Gasteiger partial charge is 0.191 e. The number of para-hydroxylation sites is 1. The highest BCUT2D eigenvalue weighted by Crippen LogP contribution is 2.17. The highest BCUT2D eigenvalue weighted by atomic mass is 127. The maximum absolute atomic E-state index is 13.7. The molecule has 148 valence electrons. The number of guanidine groups is 1. The van der Waals surface area contributed by atoms with Gasteiger partial charge in [0, 0.05) is 38.4 Å². The Hall–Kier alpha value is -1.87. The van der Waals surface area contributed by atoms with E-state index in [0.717, 1.165) is 16.9 Å². The molecule has 0 fully saturated rings. The fourth-order valence-corrected chi connectivity index (χ4v) is 2.54. The summed E-state index contributed by atoms with van der Waals surface area (Å²) in [5.41, 5.74) is 2.55. The van der Waals surface area contributed by atoms with Crippen LogP contribution in [0.2, 0.25) is 0 Å². The Bertz CT molecular complexity index is 741. The van der Waals surface area contributed by atoms with Crippen molar-refractivity contribution in [3.63, 3.8) is 0 Å². The van der Waals surface area contributed by atoms with Crippen LogP contribution >= 0.6 is 24.0 Å². The summed E-state index contributed by atoms with van der Waals surface area (Å²) in [6.45, 7) is 3.96. The first-order valence-electron chi connectivity index (χ1n) is 8.59. The molecule has 7 heteroatoms. The molecule has 0 saturated carbocycles. The van der Waals surface area contributed by atoms with Crippen molar-refractivity contribution in [2.24, 2.45) is 4.99 Å². The number of nitrogens with zero attached hydrogens (tertiary/aromatic N) is 1. The number of halogens is 2. The largest absolute Gasteiger partial charge is 0.494 e. The Morgan fingerprint density at radius 3 is 2.52 bits per heavy atom. The molecule has 2 rings (SSSR count). The van der Waals surface area contributed by atoms with Gasteiger partial charge < -0.3 is 20.1 Å². The summed E-state index contributed by atoms with van der Waals surface area (Å²) in [7, 11) is 3.26. The van der Waals surface area contributed by atoms with Gasteiger partial charge in [-0.25, -0.2) is 4.39 Å². The van der Waals surface area contributed by atoms with Crippen LogP contribution in [0.25, 0.3) is 0 Å². The molecular formula is C20H27FIN3O2. The second kappa shape index (κ2) is 12.5. The summed E-state index contributed by atoms with van der Waals surface area (Å²) in [5.74, 6) is 1.26. The molecule has 0 aliphatic carbocycles. The Morgan fingerprint density at radius 2 is 1.81 bits per heavy atom. The molecule has 0 radical (unpaired) electrons. The zero-order valence-electron chi connectivity index (χ0n) is 15.9. The molecule has 2 aromatic rings. The SMILES string of the molecule is CCOc1ccccc1CNC(=NC)NCc1ccc(F)c(COC)c1.I. The summed E-state index contributed by atoms with van der Waals surface area (Å²) in [5, 5.41) is 6.50. The van der Waals surface area contributed by atoms with Crippen LogP contribution in [0.5, 0.6) is 5.75 Å². The number of benzene rings is 2. The number of rotatable bonds is 8. The van der Waals surface area contributed by atoms with Gasteiger partial charge in [-0.3, -0.25) is 4.99 Å². The number of ether oxygens (including phenoxy) is 2. The molecule has 0 aromatic heterocycles. The van der Waals surface area contributed by atoms with Gasteiger partial charge in [0.25, 0.3) is 0 Å². The molecule has 0 heterocycles. The van der Waals surface area contributed by atoms with Crippen molar-refractivity contribution >= 4 is 29.9 Å². The first kappa shape index (κ1) is 23.2. The third-order valence-electron chi connectivity index (χ3n) is 3.81. The molecule has 0 aliphatic rings. The molecule has 2 N–H and O–H groups in total. The zero-order valence-corrected chi connectivity index (χ0v) is 18.3. The standard InChI is InChI=1S/C20H26FN3O2.HI/c1-4-26-19-8-6-5-7-16(19)13-24-20(22-2)23-12-15-9-10-18(21)17(11-15)14-25-3;/h5-11H,4,12-14H2,1-3H3,(H2,22,23,24);1H. The average molecular weight is 487 g/mol. The lowest BCUT2D eigenvalue weighted by atomic mass is 10.1. The summed E-state index contributed by atoms with van der Waals surface area (Å²) < 4.78 is 24.3. The minimum atomic E-state index is -0.259. The molecule has 5 nitrogen and oxygen atoms in total. The van der Waals surface area contributed by atoms with Crippen LogP contribution in [0.4, 0.5) is 4.39 Å². The maximum Gasteiger partial charge on any atom is 0.191 e. The molecule has 0 bridgehead atoms. The minimum Gasteiger partial charge on any atom is -0.494 e. The van der Waals surface area contributed by atoms with Crippen LogP contribution in [-0.2, 0) is 24.4 Å². The van der Waals surface area contributed by atoms with E-state index in [1.54, 1.807) is 26.3 Å². The van der Waals surface area contributed by atoms with Crippen molar-refractivity contribution in [3.05, 3.63) is 65.0 Å². The monoisotopic (exact) mass is 487 g/mol. The molecule has 27 heavy (non-hydrogen) atoms. The van der Waals surface area contributed by atoms with Gasteiger partial charge in [0.1, 0.15) is 11.6 Å². The van der Waals surface area contributed by atoms with E-state index < -0.39 is 0 Å². The van der Waals surface area contributed by atoms with E-state index in [2.05, 4.69) is 15.6 Å².